The molecule has 1 saturated carbocycles. The number of carbonyl (C=O) groups is 1. The number of hydrogen-bond donors (Lipinski definition) is 0. The van der Waals surface area contributed by atoms with E-state index in [2.05, 4.69) is 0 Å². The Morgan fingerprint density at radius 1 is 1.14 bits per heavy atom. The average molecular weight is 408 g/mol. The van der Waals surface area contributed by atoms with Gasteiger partial charge >= 0.3 is 0 Å². The third kappa shape index (κ3) is 3.77. The van der Waals surface area contributed by atoms with Crippen LogP contribution in [-0.2, 0) is 14.8 Å². The van der Waals surface area contributed by atoms with Crippen LogP contribution in [0.3, 0.4) is 0 Å². The summed E-state index contributed by atoms with van der Waals surface area (Å²) in [5.41, 5.74) is 0. The first kappa shape index (κ1) is 19.7. The number of likely N-dealkylation sites (tertiary alicyclic amines) is 1. The van der Waals surface area contributed by atoms with Gasteiger partial charge in [0, 0.05) is 38.5 Å². The minimum atomic E-state index is -3.67. The number of amides is 1. The fourth-order valence-electron chi connectivity index (χ4n) is 4.15. The van der Waals surface area contributed by atoms with Crippen LogP contribution in [0.5, 0.6) is 5.75 Å². The van der Waals surface area contributed by atoms with E-state index in [0.29, 0.717) is 44.8 Å². The molecular formula is C20H29N3O4S. The first-order chi connectivity index (χ1) is 13.4. The molecule has 2 heterocycles. The summed E-state index contributed by atoms with van der Waals surface area (Å²) >= 11 is 0. The Balaban J connectivity index is 1.66. The SMILES string of the molecule is CN(C)CCN1[C@H]2CCN(C(=O)C3CC3)CC[C@@H]2Oc2ccccc2S1(=O)=O. The highest BCUT2D eigenvalue weighted by atomic mass is 32.2. The lowest BCUT2D eigenvalue weighted by Gasteiger charge is -2.32. The Morgan fingerprint density at radius 3 is 2.57 bits per heavy atom. The standard InChI is InChI=1S/C20H29N3O4S/c1-21(2)13-14-23-16-9-11-22(20(24)15-7-8-15)12-10-17(16)27-18-5-3-4-6-19(18)28(23,25)26/h3-6,15-17H,7-14H2,1-2H3/t16-,17-/m0/s1. The second-order valence-electron chi connectivity index (χ2n) is 8.27. The minimum Gasteiger partial charge on any atom is -0.487 e. The number of likely N-dealkylation sites (N-methyl/N-ethyl adjacent to an activating group) is 1. The van der Waals surface area contributed by atoms with Gasteiger partial charge in [0.25, 0.3) is 0 Å². The molecule has 7 nitrogen and oxygen atoms in total. The monoisotopic (exact) mass is 407 g/mol. The topological polar surface area (TPSA) is 70.2 Å². The summed E-state index contributed by atoms with van der Waals surface area (Å²) in [6.07, 6.45) is 2.96. The molecule has 0 bridgehead atoms. The molecule has 2 aliphatic heterocycles. The molecular weight excluding hydrogens is 378 g/mol. The highest BCUT2D eigenvalue weighted by Gasteiger charge is 2.44. The van der Waals surface area contributed by atoms with Crippen molar-refractivity contribution in [3.63, 3.8) is 0 Å². The van der Waals surface area contributed by atoms with Gasteiger partial charge < -0.3 is 14.5 Å². The lowest BCUT2D eigenvalue weighted by Crippen LogP contribution is -2.49. The van der Waals surface area contributed by atoms with Crippen LogP contribution in [0.25, 0.3) is 0 Å². The number of fused-ring (bicyclic) bond motifs is 2. The third-order valence-electron chi connectivity index (χ3n) is 5.90. The highest BCUT2D eigenvalue weighted by Crippen LogP contribution is 2.37. The number of carbonyl (C=O) groups excluding carboxylic acids is 1. The van der Waals surface area contributed by atoms with Crippen LogP contribution < -0.4 is 4.74 Å². The Morgan fingerprint density at radius 2 is 1.86 bits per heavy atom. The smallest absolute Gasteiger partial charge is 0.247 e. The molecule has 154 valence electrons. The van der Waals surface area contributed by atoms with Gasteiger partial charge in [-0.3, -0.25) is 4.79 Å². The van der Waals surface area contributed by atoms with E-state index in [-0.39, 0.29) is 28.9 Å². The molecule has 1 aromatic rings. The summed E-state index contributed by atoms with van der Waals surface area (Å²) in [6, 6.07) is 6.63. The number of para-hydroxylation sites is 1. The molecule has 3 aliphatic rings. The van der Waals surface area contributed by atoms with E-state index < -0.39 is 10.0 Å². The number of nitrogens with zero attached hydrogens (tertiary/aromatic N) is 3. The highest BCUT2D eigenvalue weighted by molar-refractivity contribution is 7.89. The van der Waals surface area contributed by atoms with Gasteiger partial charge in [-0.1, -0.05) is 12.1 Å². The zero-order valence-electron chi connectivity index (χ0n) is 16.6. The van der Waals surface area contributed by atoms with Crippen molar-refractivity contribution in [2.75, 3.05) is 40.3 Å². The van der Waals surface area contributed by atoms with E-state index in [1.807, 2.05) is 23.9 Å². The maximum Gasteiger partial charge on any atom is 0.247 e. The van der Waals surface area contributed by atoms with Crippen LogP contribution in [0.2, 0.25) is 0 Å². The number of ether oxygens (including phenoxy) is 1. The van der Waals surface area contributed by atoms with Crippen molar-refractivity contribution in [2.45, 2.75) is 42.7 Å². The van der Waals surface area contributed by atoms with Gasteiger partial charge in [-0.2, -0.15) is 4.31 Å². The number of hydrogen-bond acceptors (Lipinski definition) is 5. The Bertz CT molecular complexity index is 838. The lowest BCUT2D eigenvalue weighted by atomic mass is 10.1. The summed E-state index contributed by atoms with van der Waals surface area (Å²) in [5.74, 6) is 0.824. The van der Waals surface area contributed by atoms with Gasteiger partial charge in [-0.05, 0) is 45.5 Å². The van der Waals surface area contributed by atoms with Crippen molar-refractivity contribution in [2.24, 2.45) is 5.92 Å². The fourth-order valence-corrected chi connectivity index (χ4v) is 5.94. The molecule has 8 heteroatoms. The van der Waals surface area contributed by atoms with Crippen LogP contribution >= 0.6 is 0 Å². The molecule has 0 aromatic heterocycles. The quantitative estimate of drug-likeness (QED) is 0.755. The van der Waals surface area contributed by atoms with Gasteiger partial charge in [-0.25, -0.2) is 8.42 Å². The first-order valence-corrected chi connectivity index (χ1v) is 11.5. The van der Waals surface area contributed by atoms with Crippen LogP contribution in [0.1, 0.15) is 25.7 Å². The third-order valence-corrected chi connectivity index (χ3v) is 7.86. The van der Waals surface area contributed by atoms with Gasteiger partial charge in [0.15, 0.2) is 0 Å². The second-order valence-corrected chi connectivity index (χ2v) is 10.1. The predicted molar refractivity (Wildman–Crippen MR) is 106 cm³/mol. The molecule has 1 aliphatic carbocycles. The largest absolute Gasteiger partial charge is 0.487 e. The van der Waals surface area contributed by atoms with E-state index in [0.717, 1.165) is 12.8 Å². The Hall–Kier alpha value is -1.64. The maximum atomic E-state index is 13.5. The first-order valence-electron chi connectivity index (χ1n) is 10.1. The maximum absolute atomic E-state index is 13.5. The molecule has 2 fully saturated rings. The van der Waals surface area contributed by atoms with Crippen molar-refractivity contribution >= 4 is 15.9 Å². The Kier molecular flexibility index (Phi) is 5.37. The van der Waals surface area contributed by atoms with E-state index >= 15 is 0 Å². The molecule has 28 heavy (non-hydrogen) atoms. The molecule has 0 N–H and O–H groups in total. The van der Waals surface area contributed by atoms with E-state index in [1.165, 1.54) is 0 Å². The average Bonchev–Trinajstić information content (AvgIpc) is 3.49. The van der Waals surface area contributed by atoms with Crippen LogP contribution in [0.15, 0.2) is 29.2 Å². The molecule has 1 saturated heterocycles. The van der Waals surface area contributed by atoms with E-state index in [1.54, 1.807) is 28.6 Å². The van der Waals surface area contributed by atoms with Crippen LogP contribution in [-0.4, -0.2) is 80.9 Å². The normalized spacial score (nSPS) is 27.3. The molecule has 2 atom stereocenters. The van der Waals surface area contributed by atoms with Crippen molar-refractivity contribution in [3.05, 3.63) is 24.3 Å². The van der Waals surface area contributed by atoms with Crippen LogP contribution in [0.4, 0.5) is 0 Å². The van der Waals surface area contributed by atoms with Gasteiger partial charge in [0.1, 0.15) is 16.7 Å². The number of benzene rings is 1. The number of rotatable bonds is 4. The lowest BCUT2D eigenvalue weighted by molar-refractivity contribution is -0.132. The second kappa shape index (κ2) is 7.65. The van der Waals surface area contributed by atoms with Crippen molar-refractivity contribution in [1.29, 1.82) is 0 Å². The zero-order valence-corrected chi connectivity index (χ0v) is 17.4. The Labute approximate surface area is 167 Å². The molecule has 4 rings (SSSR count). The molecule has 0 unspecified atom stereocenters. The fraction of sp³-hybridized carbons (Fsp3) is 0.650. The van der Waals surface area contributed by atoms with Crippen LogP contribution in [0, 0.1) is 5.92 Å². The summed E-state index contributed by atoms with van der Waals surface area (Å²) in [5, 5.41) is 0. The predicted octanol–water partition coefficient (Wildman–Crippen LogP) is 1.40. The van der Waals surface area contributed by atoms with Gasteiger partial charge in [0.2, 0.25) is 15.9 Å². The summed E-state index contributed by atoms with van der Waals surface area (Å²) in [7, 11) is 0.215. The summed E-state index contributed by atoms with van der Waals surface area (Å²) in [4.78, 5) is 16.7. The van der Waals surface area contributed by atoms with Gasteiger partial charge in [0.05, 0.1) is 6.04 Å². The van der Waals surface area contributed by atoms with Crippen molar-refractivity contribution in [3.8, 4) is 5.75 Å². The van der Waals surface area contributed by atoms with E-state index in [4.69, 9.17) is 4.74 Å². The molecule has 1 aromatic carbocycles. The molecule has 0 radical (unpaired) electrons. The molecule has 0 spiro atoms. The number of sulfonamides is 1. The van der Waals surface area contributed by atoms with Gasteiger partial charge in [-0.15, -0.1) is 0 Å². The zero-order chi connectivity index (χ0) is 19.9. The van der Waals surface area contributed by atoms with Crippen molar-refractivity contribution in [1.82, 2.24) is 14.1 Å². The summed E-state index contributed by atoms with van der Waals surface area (Å²) < 4.78 is 34.8. The minimum absolute atomic E-state index is 0.179. The summed E-state index contributed by atoms with van der Waals surface area (Å²) in [6.45, 7) is 2.25. The van der Waals surface area contributed by atoms with Crippen molar-refractivity contribution < 1.29 is 17.9 Å². The molecule has 1 amide bonds. The van der Waals surface area contributed by atoms with E-state index in [9.17, 15) is 13.2 Å².